The molecule has 0 radical (unpaired) electrons. The summed E-state index contributed by atoms with van der Waals surface area (Å²) in [4.78, 5) is 34.1. The van der Waals surface area contributed by atoms with Crippen LogP contribution >= 0.6 is 0 Å². The lowest BCUT2D eigenvalue weighted by Gasteiger charge is -2.27. The van der Waals surface area contributed by atoms with Crippen LogP contribution in [0.5, 0.6) is 0 Å². The predicted octanol–water partition coefficient (Wildman–Crippen LogP) is 2.25. The highest BCUT2D eigenvalue weighted by Gasteiger charge is 2.23. The van der Waals surface area contributed by atoms with Gasteiger partial charge in [-0.3, -0.25) is 9.59 Å². The van der Waals surface area contributed by atoms with Crippen LogP contribution in [0, 0.1) is 0 Å². The van der Waals surface area contributed by atoms with Crippen LogP contribution < -0.4 is 5.32 Å². The van der Waals surface area contributed by atoms with Crippen LogP contribution in [0.15, 0.2) is 0 Å². The highest BCUT2D eigenvalue weighted by molar-refractivity contribution is 5.94. The average molecular weight is 359 g/mol. The van der Waals surface area contributed by atoms with Gasteiger partial charge in [0, 0.05) is 19.6 Å². The molecule has 0 aliphatic carbocycles. The first-order chi connectivity index (χ1) is 11.7. The minimum absolute atomic E-state index is 0.0256. The number of carboxylic acid groups (broad SMARTS) is 1. The van der Waals surface area contributed by atoms with Gasteiger partial charge < -0.3 is 24.6 Å². The number of Topliss-reactive ketones (excluding diaryl/α,β-unsaturated/α-hetero) is 1. The van der Waals surface area contributed by atoms with Gasteiger partial charge in [-0.15, -0.1) is 0 Å². The molecule has 0 spiro atoms. The lowest BCUT2D eigenvalue weighted by atomic mass is 10.1. The molecule has 0 aromatic heterocycles. The van der Waals surface area contributed by atoms with E-state index in [9.17, 15) is 14.4 Å². The number of carbonyl (C=O) groups excluding carboxylic acids is 2. The molecule has 0 aromatic carbocycles. The van der Waals surface area contributed by atoms with Crippen LogP contribution in [-0.4, -0.2) is 54.1 Å². The van der Waals surface area contributed by atoms with E-state index in [0.29, 0.717) is 13.0 Å². The molecule has 1 rings (SSSR count). The Morgan fingerprint density at radius 1 is 1.28 bits per heavy atom. The molecular weight excluding hydrogens is 330 g/mol. The van der Waals surface area contributed by atoms with E-state index in [1.54, 1.807) is 20.8 Å². The summed E-state index contributed by atoms with van der Waals surface area (Å²) in [6.45, 7) is 6.17. The van der Waals surface area contributed by atoms with E-state index >= 15 is 0 Å². The minimum atomic E-state index is -1.16. The number of carbonyl (C=O) groups is 3. The molecular formula is C17H29NO7. The third kappa shape index (κ3) is 10.7. The molecule has 2 atom stereocenters. The Kier molecular flexibility index (Phi) is 8.85. The van der Waals surface area contributed by atoms with Crippen molar-refractivity contribution in [1.82, 2.24) is 5.32 Å². The molecule has 1 heterocycles. The number of alkyl carbamates (subject to hydrolysis) is 1. The van der Waals surface area contributed by atoms with E-state index in [2.05, 4.69) is 5.32 Å². The third-order valence-electron chi connectivity index (χ3n) is 3.42. The van der Waals surface area contributed by atoms with Crippen molar-refractivity contribution in [2.75, 3.05) is 13.2 Å². The summed E-state index contributed by atoms with van der Waals surface area (Å²) in [7, 11) is 0. The molecule has 1 aliphatic rings. The predicted molar refractivity (Wildman–Crippen MR) is 89.2 cm³/mol. The molecule has 25 heavy (non-hydrogen) atoms. The number of ether oxygens (including phenoxy) is 3. The topological polar surface area (TPSA) is 111 Å². The normalized spacial score (nSPS) is 19.1. The van der Waals surface area contributed by atoms with Crippen molar-refractivity contribution in [3.8, 4) is 0 Å². The van der Waals surface area contributed by atoms with E-state index < -0.39 is 42.3 Å². The van der Waals surface area contributed by atoms with Crippen molar-refractivity contribution < 1.29 is 33.7 Å². The quantitative estimate of drug-likeness (QED) is 0.607. The smallest absolute Gasteiger partial charge is 0.407 e. The Hall–Kier alpha value is -1.67. The molecule has 1 saturated heterocycles. The van der Waals surface area contributed by atoms with Gasteiger partial charge in [0.15, 0.2) is 6.29 Å². The largest absolute Gasteiger partial charge is 0.481 e. The summed E-state index contributed by atoms with van der Waals surface area (Å²) in [6.07, 6.45) is 1.06. The van der Waals surface area contributed by atoms with E-state index in [-0.39, 0.29) is 13.0 Å². The van der Waals surface area contributed by atoms with Crippen molar-refractivity contribution in [2.24, 2.45) is 0 Å². The zero-order valence-corrected chi connectivity index (χ0v) is 15.2. The van der Waals surface area contributed by atoms with Crippen molar-refractivity contribution in [1.29, 1.82) is 0 Å². The SMILES string of the molecule is CC(C)(C)OC(=O)NCC[C@H](CC(=O)CC(=O)O)OC1CCCCO1. The molecule has 8 nitrogen and oxygen atoms in total. The Morgan fingerprint density at radius 3 is 2.56 bits per heavy atom. The molecule has 8 heteroatoms. The van der Waals surface area contributed by atoms with Crippen LogP contribution in [0.4, 0.5) is 4.79 Å². The number of carboxylic acids is 1. The van der Waals surface area contributed by atoms with Gasteiger partial charge in [0.1, 0.15) is 17.8 Å². The van der Waals surface area contributed by atoms with Crippen LogP contribution in [0.25, 0.3) is 0 Å². The van der Waals surface area contributed by atoms with Gasteiger partial charge in [-0.1, -0.05) is 0 Å². The molecule has 2 N–H and O–H groups in total. The summed E-state index contributed by atoms with van der Waals surface area (Å²) in [6, 6.07) is 0. The van der Waals surface area contributed by atoms with Gasteiger partial charge in [-0.25, -0.2) is 4.79 Å². The first kappa shape index (κ1) is 21.4. The fourth-order valence-electron chi connectivity index (χ4n) is 2.40. The Balaban J connectivity index is 2.47. The number of aliphatic carboxylic acids is 1. The number of nitrogens with one attached hydrogen (secondary N) is 1. The van der Waals surface area contributed by atoms with Crippen molar-refractivity contribution >= 4 is 17.8 Å². The summed E-state index contributed by atoms with van der Waals surface area (Å²) in [5.74, 6) is -1.57. The summed E-state index contributed by atoms with van der Waals surface area (Å²) >= 11 is 0. The number of amides is 1. The van der Waals surface area contributed by atoms with Gasteiger partial charge >= 0.3 is 12.1 Å². The Bertz CT molecular complexity index is 452. The highest BCUT2D eigenvalue weighted by atomic mass is 16.7. The molecule has 144 valence electrons. The average Bonchev–Trinajstić information content (AvgIpc) is 2.45. The number of rotatable bonds is 9. The van der Waals surface area contributed by atoms with Gasteiger partial charge in [0.25, 0.3) is 0 Å². The third-order valence-corrected chi connectivity index (χ3v) is 3.42. The fraction of sp³-hybridized carbons (Fsp3) is 0.824. The second kappa shape index (κ2) is 10.4. The van der Waals surface area contributed by atoms with Gasteiger partial charge in [0.2, 0.25) is 0 Å². The first-order valence-corrected chi connectivity index (χ1v) is 8.63. The van der Waals surface area contributed by atoms with Gasteiger partial charge in [-0.2, -0.15) is 0 Å². The molecule has 1 aliphatic heterocycles. The van der Waals surface area contributed by atoms with Crippen LogP contribution in [-0.2, 0) is 23.8 Å². The lowest BCUT2D eigenvalue weighted by Crippen LogP contribution is -2.36. The maximum Gasteiger partial charge on any atom is 0.407 e. The fourth-order valence-corrected chi connectivity index (χ4v) is 2.40. The summed E-state index contributed by atoms with van der Waals surface area (Å²) in [5, 5.41) is 11.3. The zero-order valence-electron chi connectivity index (χ0n) is 15.2. The monoisotopic (exact) mass is 359 g/mol. The first-order valence-electron chi connectivity index (χ1n) is 8.63. The van der Waals surface area contributed by atoms with Gasteiger partial charge in [0.05, 0.1) is 6.10 Å². The van der Waals surface area contributed by atoms with Gasteiger partial charge in [-0.05, 0) is 46.5 Å². The van der Waals surface area contributed by atoms with Crippen molar-refractivity contribution in [3.05, 3.63) is 0 Å². The Morgan fingerprint density at radius 2 is 2.00 bits per heavy atom. The molecule has 0 bridgehead atoms. The van der Waals surface area contributed by atoms with Crippen LogP contribution in [0.3, 0.4) is 0 Å². The molecule has 0 saturated carbocycles. The van der Waals surface area contributed by atoms with E-state index in [4.69, 9.17) is 19.3 Å². The second-order valence-electron chi connectivity index (χ2n) is 7.08. The van der Waals surface area contributed by atoms with E-state index in [1.807, 2.05) is 0 Å². The van der Waals surface area contributed by atoms with Crippen LogP contribution in [0.2, 0.25) is 0 Å². The molecule has 1 amide bonds. The molecule has 1 unspecified atom stereocenters. The van der Waals surface area contributed by atoms with E-state index in [0.717, 1.165) is 19.3 Å². The van der Waals surface area contributed by atoms with E-state index in [1.165, 1.54) is 0 Å². The molecule has 0 aromatic rings. The number of ketones is 1. The maximum atomic E-state index is 11.8. The minimum Gasteiger partial charge on any atom is -0.481 e. The standard InChI is InChI=1S/C17H29NO7/c1-17(2,3)25-16(22)18-8-7-13(10-12(19)11-14(20)21)24-15-6-4-5-9-23-15/h13,15H,4-11H2,1-3H3,(H,18,22)(H,20,21)/t13-,15?/m1/s1. The lowest BCUT2D eigenvalue weighted by molar-refractivity contribution is -0.190. The highest BCUT2D eigenvalue weighted by Crippen LogP contribution is 2.18. The number of hydrogen-bond acceptors (Lipinski definition) is 6. The maximum absolute atomic E-state index is 11.8. The van der Waals surface area contributed by atoms with Crippen molar-refractivity contribution in [2.45, 2.75) is 77.3 Å². The summed E-state index contributed by atoms with van der Waals surface area (Å²) < 4.78 is 16.4. The summed E-state index contributed by atoms with van der Waals surface area (Å²) in [5.41, 5.74) is -0.590. The number of hydrogen-bond donors (Lipinski definition) is 2. The Labute approximate surface area is 148 Å². The molecule has 1 fully saturated rings. The van der Waals surface area contributed by atoms with Crippen molar-refractivity contribution in [3.63, 3.8) is 0 Å². The zero-order chi connectivity index (χ0) is 18.9. The second-order valence-corrected chi connectivity index (χ2v) is 7.08. The van der Waals surface area contributed by atoms with Crippen LogP contribution in [0.1, 0.15) is 59.3 Å².